The second kappa shape index (κ2) is 7.98. The van der Waals surface area contributed by atoms with Crippen LogP contribution in [0.1, 0.15) is 29.1 Å². The zero-order valence-electron chi connectivity index (χ0n) is 14.6. The highest BCUT2D eigenvalue weighted by Gasteiger charge is 2.28. The Morgan fingerprint density at radius 1 is 1.40 bits per heavy atom. The average molecular weight is 341 g/mol. The SMILES string of the molecule is CCNc1cccnc1C(=O)N1CCOC(c2cccc(OC)c2)C1. The van der Waals surface area contributed by atoms with Crippen LogP contribution in [0.25, 0.3) is 0 Å². The maximum Gasteiger partial charge on any atom is 0.274 e. The molecule has 0 spiro atoms. The predicted molar refractivity (Wildman–Crippen MR) is 96.0 cm³/mol. The maximum absolute atomic E-state index is 12.9. The first-order valence-corrected chi connectivity index (χ1v) is 8.46. The monoisotopic (exact) mass is 341 g/mol. The third kappa shape index (κ3) is 3.91. The molecule has 2 aromatic rings. The van der Waals surface area contributed by atoms with Crippen molar-refractivity contribution >= 4 is 11.6 Å². The standard InChI is InChI=1S/C19H23N3O3/c1-3-20-16-8-5-9-21-18(16)19(23)22-10-11-25-17(13-22)14-6-4-7-15(12-14)24-2/h4-9,12,17,20H,3,10-11,13H2,1-2H3. The molecule has 0 saturated carbocycles. The Hall–Kier alpha value is -2.60. The Bertz CT molecular complexity index is 735. The molecule has 1 aromatic carbocycles. The van der Waals surface area contributed by atoms with Crippen molar-refractivity contribution in [2.45, 2.75) is 13.0 Å². The minimum Gasteiger partial charge on any atom is -0.497 e. The first-order chi connectivity index (χ1) is 12.2. The zero-order valence-corrected chi connectivity index (χ0v) is 14.6. The molecule has 25 heavy (non-hydrogen) atoms. The van der Waals surface area contributed by atoms with Gasteiger partial charge >= 0.3 is 0 Å². The number of carbonyl (C=O) groups excluding carboxylic acids is 1. The van der Waals surface area contributed by atoms with Gasteiger partial charge in [-0.3, -0.25) is 4.79 Å². The first-order valence-electron chi connectivity index (χ1n) is 8.46. The predicted octanol–water partition coefficient (Wildman–Crippen LogP) is 2.74. The van der Waals surface area contributed by atoms with E-state index in [0.29, 0.717) is 25.4 Å². The second-order valence-electron chi connectivity index (χ2n) is 5.82. The highest BCUT2D eigenvalue weighted by molar-refractivity contribution is 5.97. The number of nitrogens with zero attached hydrogens (tertiary/aromatic N) is 2. The van der Waals surface area contributed by atoms with Crippen LogP contribution in [0.3, 0.4) is 0 Å². The summed E-state index contributed by atoms with van der Waals surface area (Å²) < 4.78 is 11.1. The topological polar surface area (TPSA) is 63.7 Å². The Morgan fingerprint density at radius 3 is 3.08 bits per heavy atom. The molecule has 1 amide bonds. The van der Waals surface area contributed by atoms with Gasteiger partial charge in [0.05, 0.1) is 25.9 Å². The lowest BCUT2D eigenvalue weighted by Crippen LogP contribution is -2.42. The molecular formula is C19H23N3O3. The molecule has 6 nitrogen and oxygen atoms in total. The number of aromatic nitrogens is 1. The van der Waals surface area contributed by atoms with Gasteiger partial charge in [-0.25, -0.2) is 4.98 Å². The smallest absolute Gasteiger partial charge is 0.274 e. The van der Waals surface area contributed by atoms with Crippen LogP contribution in [0, 0.1) is 0 Å². The van der Waals surface area contributed by atoms with E-state index in [4.69, 9.17) is 9.47 Å². The Kier molecular flexibility index (Phi) is 5.50. The summed E-state index contributed by atoms with van der Waals surface area (Å²) in [6.07, 6.45) is 1.48. The maximum atomic E-state index is 12.9. The van der Waals surface area contributed by atoms with Crippen molar-refractivity contribution in [2.24, 2.45) is 0 Å². The molecule has 132 valence electrons. The highest BCUT2D eigenvalue weighted by atomic mass is 16.5. The molecule has 1 fully saturated rings. The van der Waals surface area contributed by atoms with Crippen molar-refractivity contribution in [3.05, 3.63) is 53.9 Å². The third-order valence-electron chi connectivity index (χ3n) is 4.20. The summed E-state index contributed by atoms with van der Waals surface area (Å²) in [6, 6.07) is 11.5. The van der Waals surface area contributed by atoms with E-state index in [0.717, 1.165) is 23.5 Å². The van der Waals surface area contributed by atoms with Gasteiger partial charge in [0, 0.05) is 19.3 Å². The van der Waals surface area contributed by atoms with Crippen LogP contribution in [-0.2, 0) is 4.74 Å². The third-order valence-corrected chi connectivity index (χ3v) is 4.20. The van der Waals surface area contributed by atoms with E-state index in [1.54, 1.807) is 18.2 Å². The van der Waals surface area contributed by atoms with Gasteiger partial charge in [-0.15, -0.1) is 0 Å². The molecule has 1 aliphatic rings. The molecule has 1 aliphatic heterocycles. The van der Waals surface area contributed by atoms with Crippen LogP contribution >= 0.6 is 0 Å². The fourth-order valence-corrected chi connectivity index (χ4v) is 2.94. The Balaban J connectivity index is 1.78. The molecule has 2 heterocycles. The van der Waals surface area contributed by atoms with Crippen molar-refractivity contribution < 1.29 is 14.3 Å². The van der Waals surface area contributed by atoms with E-state index in [9.17, 15) is 4.79 Å². The summed E-state index contributed by atoms with van der Waals surface area (Å²) >= 11 is 0. The van der Waals surface area contributed by atoms with Crippen LogP contribution in [0.2, 0.25) is 0 Å². The minimum absolute atomic E-state index is 0.0762. The second-order valence-corrected chi connectivity index (χ2v) is 5.82. The number of anilines is 1. The molecule has 6 heteroatoms. The number of pyridine rings is 1. The van der Waals surface area contributed by atoms with Crippen molar-refractivity contribution in [1.29, 1.82) is 0 Å². The van der Waals surface area contributed by atoms with E-state index >= 15 is 0 Å². The summed E-state index contributed by atoms with van der Waals surface area (Å²) in [7, 11) is 1.64. The van der Waals surface area contributed by atoms with Crippen LogP contribution in [-0.4, -0.2) is 49.1 Å². The number of hydrogen-bond donors (Lipinski definition) is 1. The minimum atomic E-state index is -0.168. The van der Waals surface area contributed by atoms with E-state index in [-0.39, 0.29) is 12.0 Å². The molecule has 1 saturated heterocycles. The molecule has 0 radical (unpaired) electrons. The summed E-state index contributed by atoms with van der Waals surface area (Å²) in [5, 5.41) is 3.20. The number of benzene rings is 1. The first kappa shape index (κ1) is 17.2. The quantitative estimate of drug-likeness (QED) is 0.906. The van der Waals surface area contributed by atoms with Gasteiger partial charge in [0.15, 0.2) is 5.69 Å². The normalized spacial score (nSPS) is 17.2. The van der Waals surface area contributed by atoms with Crippen molar-refractivity contribution in [3.63, 3.8) is 0 Å². The Labute approximate surface area is 147 Å². The highest BCUT2D eigenvalue weighted by Crippen LogP contribution is 2.26. The van der Waals surface area contributed by atoms with Gasteiger partial charge in [-0.05, 0) is 36.8 Å². The molecule has 0 aliphatic carbocycles. The fraction of sp³-hybridized carbons (Fsp3) is 0.368. The number of rotatable bonds is 5. The van der Waals surface area contributed by atoms with Crippen molar-refractivity contribution in [1.82, 2.24) is 9.88 Å². The number of hydrogen-bond acceptors (Lipinski definition) is 5. The molecule has 3 rings (SSSR count). The van der Waals surface area contributed by atoms with Gasteiger partial charge < -0.3 is 19.7 Å². The lowest BCUT2D eigenvalue weighted by molar-refractivity contribution is -0.0230. The molecule has 0 bridgehead atoms. The van der Waals surface area contributed by atoms with Crippen LogP contribution in [0.4, 0.5) is 5.69 Å². The van der Waals surface area contributed by atoms with Gasteiger partial charge in [0.2, 0.25) is 0 Å². The summed E-state index contributed by atoms with van der Waals surface area (Å²) in [4.78, 5) is 19.0. The number of amides is 1. The lowest BCUT2D eigenvalue weighted by Gasteiger charge is -2.33. The van der Waals surface area contributed by atoms with Gasteiger partial charge in [0.1, 0.15) is 11.9 Å². The van der Waals surface area contributed by atoms with Gasteiger partial charge in [-0.2, -0.15) is 0 Å². The van der Waals surface area contributed by atoms with Crippen LogP contribution in [0.15, 0.2) is 42.6 Å². The Morgan fingerprint density at radius 2 is 2.28 bits per heavy atom. The summed E-state index contributed by atoms with van der Waals surface area (Å²) in [5.41, 5.74) is 2.22. The van der Waals surface area contributed by atoms with Gasteiger partial charge in [-0.1, -0.05) is 12.1 Å². The molecular weight excluding hydrogens is 318 g/mol. The molecule has 1 aromatic heterocycles. The number of ether oxygens (including phenoxy) is 2. The lowest BCUT2D eigenvalue weighted by atomic mass is 10.1. The van der Waals surface area contributed by atoms with E-state index < -0.39 is 0 Å². The summed E-state index contributed by atoms with van der Waals surface area (Å²) in [5.74, 6) is 0.705. The molecule has 1 unspecified atom stereocenters. The van der Waals surface area contributed by atoms with Crippen LogP contribution in [0.5, 0.6) is 5.75 Å². The van der Waals surface area contributed by atoms with E-state index in [2.05, 4.69) is 10.3 Å². The zero-order chi connectivity index (χ0) is 17.6. The van der Waals surface area contributed by atoms with E-state index in [1.807, 2.05) is 43.3 Å². The summed E-state index contributed by atoms with van der Waals surface area (Å²) in [6.45, 7) is 4.28. The number of carbonyl (C=O) groups is 1. The van der Waals surface area contributed by atoms with Crippen molar-refractivity contribution in [2.75, 3.05) is 38.7 Å². The number of nitrogens with one attached hydrogen (secondary N) is 1. The van der Waals surface area contributed by atoms with E-state index in [1.165, 1.54) is 0 Å². The van der Waals surface area contributed by atoms with Crippen molar-refractivity contribution in [3.8, 4) is 5.75 Å². The van der Waals surface area contributed by atoms with Crippen LogP contribution < -0.4 is 10.1 Å². The number of morpholine rings is 1. The number of methoxy groups -OCH3 is 1. The fourth-order valence-electron chi connectivity index (χ4n) is 2.94. The average Bonchev–Trinajstić information content (AvgIpc) is 2.68. The molecule has 1 atom stereocenters. The molecule has 1 N–H and O–H groups in total. The van der Waals surface area contributed by atoms with Gasteiger partial charge in [0.25, 0.3) is 5.91 Å². The largest absolute Gasteiger partial charge is 0.497 e.